The van der Waals surface area contributed by atoms with Gasteiger partial charge in [0.05, 0.1) is 7.11 Å². The third kappa shape index (κ3) is 6.13. The van der Waals surface area contributed by atoms with E-state index in [9.17, 15) is 9.18 Å². The van der Waals surface area contributed by atoms with Gasteiger partial charge in [-0.05, 0) is 84.7 Å². The van der Waals surface area contributed by atoms with Crippen LogP contribution in [0.4, 0.5) is 15.8 Å². The van der Waals surface area contributed by atoms with Crippen molar-refractivity contribution >= 4 is 17.3 Å². The second-order valence-corrected chi connectivity index (χ2v) is 9.10. The van der Waals surface area contributed by atoms with Gasteiger partial charge in [0.1, 0.15) is 11.6 Å². The Kier molecular flexibility index (Phi) is 7.91. The maximum absolute atomic E-state index is 14.4. The number of hydrogen-bond donors (Lipinski definition) is 2. The first kappa shape index (κ1) is 24.6. The second-order valence-electron chi connectivity index (χ2n) is 9.10. The molecule has 184 valence electrons. The number of carbonyl (C=O) groups is 1. The number of ether oxygens (including phenoxy) is 1. The zero-order chi connectivity index (χ0) is 24.8. The van der Waals surface area contributed by atoms with E-state index in [1.807, 2.05) is 18.2 Å². The van der Waals surface area contributed by atoms with E-state index in [1.54, 1.807) is 13.2 Å². The van der Waals surface area contributed by atoms with Gasteiger partial charge in [0.25, 0.3) is 0 Å². The van der Waals surface area contributed by atoms with Gasteiger partial charge in [-0.3, -0.25) is 4.79 Å². The summed E-state index contributed by atoms with van der Waals surface area (Å²) in [6.07, 6.45) is 3.30. The highest BCUT2D eigenvalue weighted by molar-refractivity contribution is 5.67. The molecular weight excluding hydrogens is 443 g/mol. The summed E-state index contributed by atoms with van der Waals surface area (Å²) in [6.45, 7) is 4.75. The minimum atomic E-state index is -0.924. The lowest BCUT2D eigenvalue weighted by molar-refractivity contribution is -0.136. The fourth-order valence-corrected chi connectivity index (χ4v) is 4.82. The molecule has 5 nitrogen and oxygen atoms in total. The van der Waals surface area contributed by atoms with E-state index in [-0.39, 0.29) is 18.7 Å². The van der Waals surface area contributed by atoms with Crippen LogP contribution in [-0.2, 0) is 30.6 Å². The molecule has 3 aromatic carbocycles. The Hall–Kier alpha value is -3.54. The number of anilines is 2. The molecule has 1 heterocycles. The van der Waals surface area contributed by atoms with Crippen molar-refractivity contribution in [3.8, 4) is 5.75 Å². The van der Waals surface area contributed by atoms with Crippen molar-refractivity contribution in [3.63, 3.8) is 0 Å². The van der Waals surface area contributed by atoms with E-state index in [0.29, 0.717) is 17.8 Å². The van der Waals surface area contributed by atoms with Gasteiger partial charge in [0, 0.05) is 37.4 Å². The summed E-state index contributed by atoms with van der Waals surface area (Å²) in [5, 5.41) is 12.2. The molecule has 0 spiro atoms. The molecule has 0 unspecified atom stereocenters. The Morgan fingerprint density at radius 1 is 1.11 bits per heavy atom. The third-order valence-corrected chi connectivity index (χ3v) is 6.77. The zero-order valence-corrected chi connectivity index (χ0v) is 20.4. The summed E-state index contributed by atoms with van der Waals surface area (Å²) < 4.78 is 19.8. The maximum Gasteiger partial charge on any atom is 0.303 e. The molecule has 0 aliphatic carbocycles. The smallest absolute Gasteiger partial charge is 0.303 e. The first-order valence-electron chi connectivity index (χ1n) is 12.2. The van der Waals surface area contributed by atoms with Crippen molar-refractivity contribution in [2.45, 2.75) is 45.6 Å². The number of nitrogens with one attached hydrogen (secondary N) is 1. The second kappa shape index (κ2) is 11.3. The molecule has 0 aromatic heterocycles. The van der Waals surface area contributed by atoms with Crippen molar-refractivity contribution in [2.24, 2.45) is 0 Å². The lowest BCUT2D eigenvalue weighted by Gasteiger charge is -2.34. The van der Waals surface area contributed by atoms with Crippen molar-refractivity contribution in [1.29, 1.82) is 0 Å². The Balaban J connectivity index is 1.45. The maximum atomic E-state index is 14.4. The Morgan fingerprint density at radius 2 is 1.94 bits per heavy atom. The minimum Gasteiger partial charge on any atom is -0.497 e. The summed E-state index contributed by atoms with van der Waals surface area (Å²) in [5.74, 6) is -0.411. The summed E-state index contributed by atoms with van der Waals surface area (Å²) in [7, 11) is 1.70. The molecule has 0 saturated carbocycles. The molecule has 35 heavy (non-hydrogen) atoms. The number of aliphatic carboxylic acids is 1. The van der Waals surface area contributed by atoms with Crippen molar-refractivity contribution < 1.29 is 19.0 Å². The highest BCUT2D eigenvalue weighted by Gasteiger charge is 2.20. The van der Waals surface area contributed by atoms with E-state index in [0.717, 1.165) is 38.1 Å². The number of methoxy groups -OCH3 is 1. The molecule has 0 bridgehead atoms. The van der Waals surface area contributed by atoms with E-state index < -0.39 is 5.97 Å². The molecule has 1 aliphatic rings. The number of halogens is 1. The van der Waals surface area contributed by atoms with Crippen LogP contribution < -0.4 is 15.0 Å². The van der Waals surface area contributed by atoms with Crippen LogP contribution in [0.1, 0.15) is 40.7 Å². The molecule has 0 fully saturated rings. The summed E-state index contributed by atoms with van der Waals surface area (Å²) in [6, 6.07) is 17.6. The van der Waals surface area contributed by atoms with E-state index >= 15 is 0 Å². The lowest BCUT2D eigenvalue weighted by Crippen LogP contribution is -2.32. The van der Waals surface area contributed by atoms with E-state index in [1.165, 1.54) is 34.0 Å². The molecule has 4 rings (SSSR count). The summed E-state index contributed by atoms with van der Waals surface area (Å²) >= 11 is 0. The van der Waals surface area contributed by atoms with E-state index in [2.05, 4.69) is 41.4 Å². The Morgan fingerprint density at radius 3 is 2.71 bits per heavy atom. The molecule has 0 radical (unpaired) electrons. The number of aryl methyl sites for hydroxylation is 2. The monoisotopic (exact) mass is 476 g/mol. The number of hydrogen-bond acceptors (Lipinski definition) is 4. The highest BCUT2D eigenvalue weighted by Crippen LogP contribution is 2.33. The van der Waals surface area contributed by atoms with Gasteiger partial charge in [-0.25, -0.2) is 4.39 Å². The van der Waals surface area contributed by atoms with Crippen molar-refractivity contribution in [3.05, 3.63) is 88.2 Å². The average molecular weight is 477 g/mol. The van der Waals surface area contributed by atoms with Crippen LogP contribution in [-0.4, -0.2) is 31.3 Å². The lowest BCUT2D eigenvalue weighted by atomic mass is 9.94. The van der Waals surface area contributed by atoms with Crippen LogP contribution in [0.3, 0.4) is 0 Å². The quantitative estimate of drug-likeness (QED) is 0.389. The van der Waals surface area contributed by atoms with Gasteiger partial charge in [-0.1, -0.05) is 30.3 Å². The number of rotatable bonds is 10. The molecule has 0 saturated heterocycles. The average Bonchev–Trinajstić information content (AvgIpc) is 2.86. The van der Waals surface area contributed by atoms with Crippen LogP contribution in [0.15, 0.2) is 54.6 Å². The van der Waals surface area contributed by atoms with E-state index in [4.69, 9.17) is 9.84 Å². The van der Waals surface area contributed by atoms with Crippen LogP contribution >= 0.6 is 0 Å². The number of carboxylic acid groups (broad SMARTS) is 1. The molecule has 0 amide bonds. The van der Waals surface area contributed by atoms with Crippen LogP contribution in [0.5, 0.6) is 5.75 Å². The van der Waals surface area contributed by atoms with Crippen LogP contribution in [0.25, 0.3) is 0 Å². The fourth-order valence-electron chi connectivity index (χ4n) is 4.82. The standard InChI is InChI=1S/C29H33FN2O3/c1-20-24(19-31-25-12-10-22(27(30)18-25)11-13-28(33)34)9-8-23-6-4-15-32(29(20)23)16-14-21-5-3-7-26(17-21)35-2/h3,5,7-10,12,17-18,31H,4,6,11,13-16,19H2,1-2H3,(H,33,34). The Bertz CT molecular complexity index is 1190. The molecule has 0 atom stereocenters. The molecular formula is C29H33FN2O3. The number of benzene rings is 3. The molecule has 6 heteroatoms. The van der Waals surface area contributed by atoms with Gasteiger partial charge in [-0.15, -0.1) is 0 Å². The molecule has 1 aliphatic heterocycles. The third-order valence-electron chi connectivity index (χ3n) is 6.77. The van der Waals surface area contributed by atoms with Crippen LogP contribution in [0.2, 0.25) is 0 Å². The number of carboxylic acids is 1. The van der Waals surface area contributed by atoms with Gasteiger partial charge in [-0.2, -0.15) is 0 Å². The highest BCUT2D eigenvalue weighted by atomic mass is 19.1. The predicted molar refractivity (Wildman–Crippen MR) is 138 cm³/mol. The van der Waals surface area contributed by atoms with Crippen LogP contribution in [0, 0.1) is 12.7 Å². The Labute approximate surface area is 206 Å². The minimum absolute atomic E-state index is 0.0771. The van der Waals surface area contributed by atoms with Gasteiger partial charge in [0.15, 0.2) is 0 Å². The van der Waals surface area contributed by atoms with Gasteiger partial charge in [0.2, 0.25) is 0 Å². The van der Waals surface area contributed by atoms with Crippen molar-refractivity contribution in [2.75, 3.05) is 30.4 Å². The largest absolute Gasteiger partial charge is 0.497 e. The topological polar surface area (TPSA) is 61.8 Å². The van der Waals surface area contributed by atoms with Gasteiger partial charge < -0.3 is 20.1 Å². The zero-order valence-electron chi connectivity index (χ0n) is 20.4. The first-order valence-corrected chi connectivity index (χ1v) is 12.2. The SMILES string of the molecule is COc1cccc(CCN2CCCc3ccc(CNc4ccc(CCC(=O)O)c(F)c4)c(C)c32)c1. The number of fused-ring (bicyclic) bond motifs is 1. The molecule has 2 N–H and O–H groups in total. The van der Waals surface area contributed by atoms with Gasteiger partial charge >= 0.3 is 5.97 Å². The summed E-state index contributed by atoms with van der Waals surface area (Å²) in [5.41, 5.74) is 7.54. The normalized spacial score (nSPS) is 12.8. The molecule has 3 aromatic rings. The predicted octanol–water partition coefficient (Wildman–Crippen LogP) is 5.77. The number of nitrogens with zero attached hydrogens (tertiary/aromatic N) is 1. The summed E-state index contributed by atoms with van der Waals surface area (Å²) in [4.78, 5) is 13.3. The first-order chi connectivity index (χ1) is 16.9. The van der Waals surface area contributed by atoms with Crippen molar-refractivity contribution in [1.82, 2.24) is 0 Å². The fraction of sp³-hybridized carbons (Fsp3) is 0.345.